The van der Waals surface area contributed by atoms with Crippen LogP contribution in [0.5, 0.6) is 5.75 Å². The topological polar surface area (TPSA) is 52.3 Å². The minimum absolute atomic E-state index is 0.126. The van der Waals surface area contributed by atoms with E-state index in [1.165, 1.54) is 0 Å². The largest absolute Gasteiger partial charge is 0.425 e. The van der Waals surface area contributed by atoms with Crippen LogP contribution in [0.2, 0.25) is 0 Å². The molecule has 0 spiro atoms. The maximum absolute atomic E-state index is 12.1. The SMILES string of the molecule is CC1(C(=O)Oc2cc(N)ccc2I)CCCC1. The average molecular weight is 345 g/mol. The highest BCUT2D eigenvalue weighted by atomic mass is 127. The number of nitrogens with two attached hydrogens (primary N) is 1. The van der Waals surface area contributed by atoms with Crippen LogP contribution in [0.1, 0.15) is 32.6 Å². The zero-order valence-electron chi connectivity index (χ0n) is 9.83. The van der Waals surface area contributed by atoms with Crippen LogP contribution in [0.25, 0.3) is 0 Å². The van der Waals surface area contributed by atoms with Gasteiger partial charge in [0.2, 0.25) is 0 Å². The molecule has 0 bridgehead atoms. The van der Waals surface area contributed by atoms with Gasteiger partial charge in [-0.1, -0.05) is 12.8 Å². The van der Waals surface area contributed by atoms with E-state index >= 15 is 0 Å². The Kier molecular flexibility index (Phi) is 3.61. The molecule has 0 saturated heterocycles. The Labute approximate surface area is 115 Å². The number of anilines is 1. The molecule has 1 fully saturated rings. The highest BCUT2D eigenvalue weighted by molar-refractivity contribution is 14.1. The summed E-state index contributed by atoms with van der Waals surface area (Å²) >= 11 is 2.15. The second-order valence-corrected chi connectivity index (χ2v) is 6.01. The molecule has 1 aliphatic carbocycles. The maximum atomic E-state index is 12.1. The summed E-state index contributed by atoms with van der Waals surface area (Å²) in [6.07, 6.45) is 4.06. The Bertz CT molecular complexity index is 439. The highest BCUT2D eigenvalue weighted by Crippen LogP contribution is 2.39. The van der Waals surface area contributed by atoms with Crippen molar-refractivity contribution in [1.82, 2.24) is 0 Å². The van der Waals surface area contributed by atoms with Gasteiger partial charge < -0.3 is 10.5 Å². The molecular formula is C13H16INO2. The average Bonchev–Trinajstić information content (AvgIpc) is 2.72. The summed E-state index contributed by atoms with van der Waals surface area (Å²) in [5, 5.41) is 0. The molecule has 0 unspecified atom stereocenters. The summed E-state index contributed by atoms with van der Waals surface area (Å²) in [6.45, 7) is 1.99. The molecule has 0 atom stereocenters. The first-order chi connectivity index (χ1) is 8.01. The van der Waals surface area contributed by atoms with Crippen LogP contribution in [0.4, 0.5) is 5.69 Å². The Hall–Kier alpha value is -0.780. The standard InChI is InChI=1S/C13H16INO2/c1-13(6-2-3-7-13)12(16)17-11-8-9(15)4-5-10(11)14/h4-5,8H,2-3,6-7,15H2,1H3. The molecule has 1 aromatic rings. The predicted octanol–water partition coefficient (Wildman–Crippen LogP) is 3.36. The van der Waals surface area contributed by atoms with Crippen LogP contribution < -0.4 is 10.5 Å². The molecule has 92 valence electrons. The molecule has 2 rings (SSSR count). The minimum atomic E-state index is -0.312. The lowest BCUT2D eigenvalue weighted by molar-refractivity contribution is -0.144. The number of rotatable bonds is 2. The number of hydrogen-bond donors (Lipinski definition) is 1. The van der Waals surface area contributed by atoms with Gasteiger partial charge in [-0.2, -0.15) is 0 Å². The zero-order valence-corrected chi connectivity index (χ0v) is 12.0. The summed E-state index contributed by atoms with van der Waals surface area (Å²) in [5.74, 6) is 0.447. The molecule has 1 aromatic carbocycles. The minimum Gasteiger partial charge on any atom is -0.425 e. The molecule has 0 heterocycles. The van der Waals surface area contributed by atoms with Gasteiger partial charge in [-0.05, 0) is 54.5 Å². The predicted molar refractivity (Wildman–Crippen MR) is 75.8 cm³/mol. The summed E-state index contributed by atoms with van der Waals surface area (Å²) in [5.41, 5.74) is 6.00. The molecule has 1 saturated carbocycles. The van der Waals surface area contributed by atoms with Gasteiger partial charge in [0.25, 0.3) is 0 Å². The summed E-state index contributed by atoms with van der Waals surface area (Å²) < 4.78 is 6.40. The van der Waals surface area contributed by atoms with Crippen molar-refractivity contribution < 1.29 is 9.53 Å². The number of benzene rings is 1. The summed E-state index contributed by atoms with van der Waals surface area (Å²) in [4.78, 5) is 12.1. The normalized spacial score (nSPS) is 18.0. The van der Waals surface area contributed by atoms with Crippen LogP contribution in [-0.2, 0) is 4.79 Å². The Morgan fingerprint density at radius 3 is 2.71 bits per heavy atom. The van der Waals surface area contributed by atoms with Crippen LogP contribution in [0.3, 0.4) is 0 Å². The second kappa shape index (κ2) is 4.84. The third-order valence-electron chi connectivity index (χ3n) is 3.36. The molecule has 2 N–H and O–H groups in total. The van der Waals surface area contributed by atoms with Crippen molar-refractivity contribution >= 4 is 34.2 Å². The van der Waals surface area contributed by atoms with E-state index in [1.807, 2.05) is 13.0 Å². The van der Waals surface area contributed by atoms with Crippen molar-refractivity contribution in [3.05, 3.63) is 21.8 Å². The number of carbonyl (C=O) groups is 1. The van der Waals surface area contributed by atoms with Crippen molar-refractivity contribution in [2.24, 2.45) is 5.41 Å². The molecule has 4 heteroatoms. The maximum Gasteiger partial charge on any atom is 0.317 e. The van der Waals surface area contributed by atoms with Gasteiger partial charge in [0.1, 0.15) is 5.75 Å². The first-order valence-corrected chi connectivity index (χ1v) is 6.86. The van der Waals surface area contributed by atoms with Gasteiger partial charge in [0, 0.05) is 11.8 Å². The molecule has 0 radical (unpaired) electrons. The number of ether oxygens (including phenoxy) is 1. The molecule has 0 amide bonds. The van der Waals surface area contributed by atoms with E-state index in [0.717, 1.165) is 29.3 Å². The molecule has 1 aliphatic rings. The first kappa shape index (κ1) is 12.7. The van der Waals surface area contributed by atoms with Crippen molar-refractivity contribution in [3.63, 3.8) is 0 Å². The molecule has 3 nitrogen and oxygen atoms in total. The van der Waals surface area contributed by atoms with E-state index in [-0.39, 0.29) is 11.4 Å². The fraction of sp³-hybridized carbons (Fsp3) is 0.462. The van der Waals surface area contributed by atoms with Gasteiger partial charge >= 0.3 is 5.97 Å². The smallest absolute Gasteiger partial charge is 0.317 e. The lowest BCUT2D eigenvalue weighted by Gasteiger charge is -2.21. The van der Waals surface area contributed by atoms with Crippen molar-refractivity contribution in [2.75, 3.05) is 5.73 Å². The third-order valence-corrected chi connectivity index (χ3v) is 4.25. The number of nitrogen functional groups attached to an aromatic ring is 1. The number of esters is 1. The van der Waals surface area contributed by atoms with E-state index in [9.17, 15) is 4.79 Å². The number of carbonyl (C=O) groups excluding carboxylic acids is 1. The van der Waals surface area contributed by atoms with Gasteiger partial charge in [-0.25, -0.2) is 0 Å². The number of hydrogen-bond acceptors (Lipinski definition) is 3. The summed E-state index contributed by atoms with van der Waals surface area (Å²) in [6, 6.07) is 5.36. The van der Waals surface area contributed by atoms with Gasteiger partial charge in [-0.15, -0.1) is 0 Å². The van der Waals surface area contributed by atoms with E-state index in [1.54, 1.807) is 12.1 Å². The quantitative estimate of drug-likeness (QED) is 0.387. The Morgan fingerprint density at radius 2 is 2.06 bits per heavy atom. The van der Waals surface area contributed by atoms with Gasteiger partial charge in [0.05, 0.1) is 8.99 Å². The monoisotopic (exact) mass is 345 g/mol. The van der Waals surface area contributed by atoms with Crippen molar-refractivity contribution in [1.29, 1.82) is 0 Å². The van der Waals surface area contributed by atoms with Crippen LogP contribution in [0.15, 0.2) is 18.2 Å². The van der Waals surface area contributed by atoms with Crippen molar-refractivity contribution in [2.45, 2.75) is 32.6 Å². The van der Waals surface area contributed by atoms with E-state index in [0.29, 0.717) is 11.4 Å². The van der Waals surface area contributed by atoms with Crippen LogP contribution in [0, 0.1) is 8.99 Å². The second-order valence-electron chi connectivity index (χ2n) is 4.85. The zero-order chi connectivity index (χ0) is 12.5. The lowest BCUT2D eigenvalue weighted by Crippen LogP contribution is -2.29. The van der Waals surface area contributed by atoms with Gasteiger partial charge in [-0.3, -0.25) is 4.79 Å². The lowest BCUT2D eigenvalue weighted by atomic mass is 9.89. The van der Waals surface area contributed by atoms with E-state index in [4.69, 9.17) is 10.5 Å². The molecule has 0 aromatic heterocycles. The van der Waals surface area contributed by atoms with Crippen LogP contribution in [-0.4, -0.2) is 5.97 Å². The molecular weight excluding hydrogens is 329 g/mol. The van der Waals surface area contributed by atoms with Crippen LogP contribution >= 0.6 is 22.6 Å². The molecule has 17 heavy (non-hydrogen) atoms. The number of halogens is 1. The summed E-state index contributed by atoms with van der Waals surface area (Å²) in [7, 11) is 0. The third kappa shape index (κ3) is 2.73. The van der Waals surface area contributed by atoms with E-state index in [2.05, 4.69) is 22.6 Å². The Balaban J connectivity index is 2.15. The van der Waals surface area contributed by atoms with E-state index < -0.39 is 0 Å². The molecule has 0 aliphatic heterocycles. The Morgan fingerprint density at radius 1 is 1.41 bits per heavy atom. The van der Waals surface area contributed by atoms with Gasteiger partial charge in [0.15, 0.2) is 0 Å². The fourth-order valence-electron chi connectivity index (χ4n) is 2.18. The van der Waals surface area contributed by atoms with Crippen molar-refractivity contribution in [3.8, 4) is 5.75 Å². The first-order valence-electron chi connectivity index (χ1n) is 5.79. The fourth-order valence-corrected chi connectivity index (χ4v) is 2.63. The highest BCUT2D eigenvalue weighted by Gasteiger charge is 2.38.